The SMILES string of the molecule is CC1(C)CC[C@@]2(C)[C@H](O)[C@H]3[C@H]([C@H]4C=C[C@@H]3C4)[C@@H]12. The zero-order valence-corrected chi connectivity index (χ0v) is 11.2. The molecule has 0 saturated heterocycles. The number of aliphatic hydroxyl groups excluding tert-OH is 1. The van der Waals surface area contributed by atoms with Gasteiger partial charge in [-0.1, -0.05) is 32.9 Å². The van der Waals surface area contributed by atoms with E-state index in [2.05, 4.69) is 32.9 Å². The quantitative estimate of drug-likeness (QED) is 0.636. The van der Waals surface area contributed by atoms with Gasteiger partial charge in [0.15, 0.2) is 0 Å². The van der Waals surface area contributed by atoms with E-state index < -0.39 is 0 Å². The van der Waals surface area contributed by atoms with Gasteiger partial charge in [0, 0.05) is 0 Å². The molecule has 0 spiro atoms. The van der Waals surface area contributed by atoms with Gasteiger partial charge in [-0.25, -0.2) is 0 Å². The molecule has 2 bridgehead atoms. The molecular weight excluding hydrogens is 208 g/mol. The average Bonchev–Trinajstić information content (AvgIpc) is 2.93. The predicted molar refractivity (Wildman–Crippen MR) is 68.3 cm³/mol. The Balaban J connectivity index is 1.84. The Morgan fingerprint density at radius 3 is 2.35 bits per heavy atom. The van der Waals surface area contributed by atoms with Gasteiger partial charge in [-0.3, -0.25) is 0 Å². The molecule has 7 atom stereocenters. The van der Waals surface area contributed by atoms with E-state index in [1.165, 1.54) is 19.3 Å². The van der Waals surface area contributed by atoms with Crippen molar-refractivity contribution in [2.24, 2.45) is 40.4 Å². The first-order valence-corrected chi connectivity index (χ1v) is 7.31. The molecule has 1 N–H and O–H groups in total. The lowest BCUT2D eigenvalue weighted by Gasteiger charge is -2.38. The van der Waals surface area contributed by atoms with Crippen LogP contribution in [0.2, 0.25) is 0 Å². The standard InChI is InChI=1S/C16H24O/c1-15(2)6-7-16(3)13(15)11-9-4-5-10(8-9)12(11)14(16)17/h4-5,9-14,17H,6-8H2,1-3H3/t9-,10+,11-,12+,13-,14+,16+/m0/s1. The molecule has 3 fully saturated rings. The molecule has 4 aliphatic rings. The average molecular weight is 232 g/mol. The fourth-order valence-corrected chi connectivity index (χ4v) is 6.34. The van der Waals surface area contributed by atoms with E-state index in [4.69, 9.17) is 0 Å². The van der Waals surface area contributed by atoms with Crippen molar-refractivity contribution in [1.82, 2.24) is 0 Å². The van der Waals surface area contributed by atoms with Crippen molar-refractivity contribution in [3.05, 3.63) is 12.2 Å². The topological polar surface area (TPSA) is 20.2 Å². The van der Waals surface area contributed by atoms with E-state index in [1.807, 2.05) is 0 Å². The van der Waals surface area contributed by atoms with Crippen LogP contribution in [0.15, 0.2) is 12.2 Å². The molecule has 17 heavy (non-hydrogen) atoms. The highest BCUT2D eigenvalue weighted by molar-refractivity contribution is 5.25. The zero-order chi connectivity index (χ0) is 12.0. The Hall–Kier alpha value is -0.300. The fourth-order valence-electron chi connectivity index (χ4n) is 6.34. The van der Waals surface area contributed by atoms with E-state index in [1.54, 1.807) is 0 Å². The van der Waals surface area contributed by atoms with E-state index in [-0.39, 0.29) is 11.5 Å². The van der Waals surface area contributed by atoms with Crippen LogP contribution in [0.4, 0.5) is 0 Å². The molecule has 3 saturated carbocycles. The van der Waals surface area contributed by atoms with Crippen LogP contribution in [0.3, 0.4) is 0 Å². The lowest BCUT2D eigenvalue weighted by Crippen LogP contribution is -2.35. The van der Waals surface area contributed by atoms with Crippen molar-refractivity contribution in [2.45, 2.75) is 46.1 Å². The van der Waals surface area contributed by atoms with Crippen LogP contribution in [0.1, 0.15) is 40.0 Å². The second-order valence-electron chi connectivity index (χ2n) is 8.02. The van der Waals surface area contributed by atoms with Crippen LogP contribution in [-0.2, 0) is 0 Å². The lowest BCUT2D eigenvalue weighted by atomic mass is 9.67. The molecule has 0 aromatic heterocycles. The number of rotatable bonds is 0. The van der Waals surface area contributed by atoms with Gasteiger partial charge in [-0.2, -0.15) is 0 Å². The minimum atomic E-state index is -0.0424. The monoisotopic (exact) mass is 232 g/mol. The number of hydrogen-bond acceptors (Lipinski definition) is 1. The second-order valence-corrected chi connectivity index (χ2v) is 8.02. The molecule has 1 heteroatoms. The Morgan fingerprint density at radius 1 is 1.00 bits per heavy atom. The summed E-state index contributed by atoms with van der Waals surface area (Å²) < 4.78 is 0. The first-order chi connectivity index (χ1) is 7.95. The maximum Gasteiger partial charge on any atom is 0.0633 e. The van der Waals surface area contributed by atoms with Crippen LogP contribution >= 0.6 is 0 Å². The van der Waals surface area contributed by atoms with Crippen molar-refractivity contribution in [1.29, 1.82) is 0 Å². The largest absolute Gasteiger partial charge is 0.392 e. The van der Waals surface area contributed by atoms with Gasteiger partial charge >= 0.3 is 0 Å². The summed E-state index contributed by atoms with van der Waals surface area (Å²) in [6.45, 7) is 7.25. The zero-order valence-electron chi connectivity index (χ0n) is 11.2. The third-order valence-electron chi connectivity index (χ3n) is 6.87. The molecule has 0 aliphatic heterocycles. The third kappa shape index (κ3) is 1.02. The maximum atomic E-state index is 10.8. The summed E-state index contributed by atoms with van der Waals surface area (Å²) in [5.41, 5.74) is 0.648. The summed E-state index contributed by atoms with van der Waals surface area (Å²) in [5, 5.41) is 10.8. The highest BCUT2D eigenvalue weighted by Crippen LogP contribution is 2.72. The Labute approximate surface area is 104 Å². The molecule has 0 aromatic carbocycles. The number of allylic oxidation sites excluding steroid dienone is 2. The summed E-state index contributed by atoms with van der Waals surface area (Å²) in [7, 11) is 0. The van der Waals surface area contributed by atoms with Crippen LogP contribution in [0.25, 0.3) is 0 Å². The molecule has 4 rings (SSSR count). The third-order valence-corrected chi connectivity index (χ3v) is 6.87. The molecule has 0 unspecified atom stereocenters. The summed E-state index contributed by atoms with van der Waals surface area (Å²) in [4.78, 5) is 0. The Kier molecular flexibility index (Phi) is 1.76. The van der Waals surface area contributed by atoms with Gasteiger partial charge in [0.05, 0.1) is 6.10 Å². The van der Waals surface area contributed by atoms with E-state index in [9.17, 15) is 5.11 Å². The molecular formula is C16H24O. The van der Waals surface area contributed by atoms with Crippen LogP contribution in [-0.4, -0.2) is 11.2 Å². The van der Waals surface area contributed by atoms with Gasteiger partial charge in [-0.15, -0.1) is 0 Å². The number of aliphatic hydroxyl groups is 1. The minimum absolute atomic E-state index is 0.0424. The van der Waals surface area contributed by atoms with Gasteiger partial charge in [0.2, 0.25) is 0 Å². The van der Waals surface area contributed by atoms with Crippen molar-refractivity contribution < 1.29 is 5.11 Å². The summed E-state index contributed by atoms with van der Waals surface area (Å²) >= 11 is 0. The van der Waals surface area contributed by atoms with Gasteiger partial charge in [0.1, 0.15) is 0 Å². The van der Waals surface area contributed by atoms with Crippen LogP contribution in [0, 0.1) is 40.4 Å². The van der Waals surface area contributed by atoms with Gasteiger partial charge < -0.3 is 5.11 Å². The molecule has 0 aromatic rings. The molecule has 94 valence electrons. The van der Waals surface area contributed by atoms with Crippen LogP contribution < -0.4 is 0 Å². The van der Waals surface area contributed by atoms with Crippen molar-refractivity contribution >= 4 is 0 Å². The minimum Gasteiger partial charge on any atom is -0.392 e. The Morgan fingerprint density at radius 2 is 1.65 bits per heavy atom. The van der Waals surface area contributed by atoms with Gasteiger partial charge in [-0.05, 0) is 59.7 Å². The van der Waals surface area contributed by atoms with Crippen molar-refractivity contribution in [3.8, 4) is 0 Å². The lowest BCUT2D eigenvalue weighted by molar-refractivity contribution is 0.0114. The van der Waals surface area contributed by atoms with Crippen molar-refractivity contribution in [2.75, 3.05) is 0 Å². The molecule has 0 amide bonds. The molecule has 0 radical (unpaired) electrons. The highest BCUT2D eigenvalue weighted by atomic mass is 16.3. The second kappa shape index (κ2) is 2.82. The van der Waals surface area contributed by atoms with E-state index in [0.717, 1.165) is 17.8 Å². The van der Waals surface area contributed by atoms with Crippen molar-refractivity contribution in [3.63, 3.8) is 0 Å². The van der Waals surface area contributed by atoms with E-state index >= 15 is 0 Å². The Bertz CT molecular complexity index is 396. The number of hydrogen-bond donors (Lipinski definition) is 1. The summed E-state index contributed by atoms with van der Waals surface area (Å²) in [6.07, 6.45) is 8.67. The molecule has 1 nitrogen and oxygen atoms in total. The fraction of sp³-hybridized carbons (Fsp3) is 0.875. The predicted octanol–water partition coefficient (Wildman–Crippen LogP) is 3.24. The highest BCUT2D eigenvalue weighted by Gasteiger charge is 2.69. The normalized spacial score (nSPS) is 61.9. The number of fused-ring (bicyclic) bond motifs is 7. The first kappa shape index (κ1) is 10.6. The summed E-state index contributed by atoms with van der Waals surface area (Å²) in [6, 6.07) is 0. The first-order valence-electron chi connectivity index (χ1n) is 7.31. The summed E-state index contributed by atoms with van der Waals surface area (Å²) in [5.74, 6) is 3.58. The smallest absolute Gasteiger partial charge is 0.0633 e. The molecule has 0 heterocycles. The molecule has 4 aliphatic carbocycles. The van der Waals surface area contributed by atoms with Gasteiger partial charge in [0.25, 0.3) is 0 Å². The van der Waals surface area contributed by atoms with E-state index in [0.29, 0.717) is 17.3 Å². The van der Waals surface area contributed by atoms with Crippen LogP contribution in [0.5, 0.6) is 0 Å². The maximum absolute atomic E-state index is 10.8.